The molecule has 1 aromatic rings. The van der Waals surface area contributed by atoms with Gasteiger partial charge in [0.2, 0.25) is 0 Å². The summed E-state index contributed by atoms with van der Waals surface area (Å²) in [5.41, 5.74) is 2.74. The summed E-state index contributed by atoms with van der Waals surface area (Å²) in [6.45, 7) is 3.94. The lowest BCUT2D eigenvalue weighted by atomic mass is 10.1. The van der Waals surface area contributed by atoms with Crippen molar-refractivity contribution in [3.63, 3.8) is 0 Å². The topological polar surface area (TPSA) is 17.1 Å². The van der Waals surface area contributed by atoms with Crippen molar-refractivity contribution in [2.24, 2.45) is 0 Å². The molecule has 0 unspecified atom stereocenters. The maximum atomic E-state index is 10.9. The number of rotatable bonds is 1. The van der Waals surface area contributed by atoms with Gasteiger partial charge in [-0.1, -0.05) is 0 Å². The summed E-state index contributed by atoms with van der Waals surface area (Å²) in [5.74, 6) is 0. The van der Waals surface area contributed by atoms with Gasteiger partial charge in [-0.15, -0.1) is 0 Å². The van der Waals surface area contributed by atoms with Crippen LogP contribution in [-0.2, 0) is 0 Å². The summed E-state index contributed by atoms with van der Waals surface area (Å²) in [7, 11) is 0. The van der Waals surface area contributed by atoms with Gasteiger partial charge in [0.15, 0.2) is 0 Å². The Labute approximate surface area is 84.9 Å². The SMILES string of the molecule is Cc1cc(Br)c(C(=O)Cl)cc1C. The fourth-order valence-corrected chi connectivity index (χ4v) is 1.84. The molecule has 0 bridgehead atoms. The Kier molecular flexibility index (Phi) is 2.91. The van der Waals surface area contributed by atoms with Crippen LogP contribution in [0.5, 0.6) is 0 Å². The largest absolute Gasteiger partial charge is 0.276 e. The third-order valence-corrected chi connectivity index (χ3v) is 2.65. The highest BCUT2D eigenvalue weighted by atomic mass is 79.9. The molecular weight excluding hydrogens is 239 g/mol. The van der Waals surface area contributed by atoms with Crippen LogP contribution in [0.3, 0.4) is 0 Å². The van der Waals surface area contributed by atoms with E-state index in [0.29, 0.717) is 5.56 Å². The van der Waals surface area contributed by atoms with Gasteiger partial charge in [0.05, 0.1) is 0 Å². The number of carbonyl (C=O) groups excluding carboxylic acids is 1. The Morgan fingerprint density at radius 2 is 1.83 bits per heavy atom. The average molecular weight is 248 g/mol. The summed E-state index contributed by atoms with van der Waals surface area (Å²) in [6.07, 6.45) is 0. The molecule has 0 aliphatic carbocycles. The van der Waals surface area contributed by atoms with Crippen molar-refractivity contribution >= 4 is 32.8 Å². The molecule has 12 heavy (non-hydrogen) atoms. The molecule has 0 saturated carbocycles. The standard InChI is InChI=1S/C9H8BrClO/c1-5-3-7(9(11)12)8(10)4-6(5)2/h3-4H,1-2H3. The summed E-state index contributed by atoms with van der Waals surface area (Å²) < 4.78 is 0.755. The molecular formula is C9H8BrClO. The highest BCUT2D eigenvalue weighted by Gasteiger charge is 2.08. The molecule has 3 heteroatoms. The highest BCUT2D eigenvalue weighted by Crippen LogP contribution is 2.22. The molecule has 1 nitrogen and oxygen atoms in total. The first kappa shape index (κ1) is 9.75. The Morgan fingerprint density at radius 3 is 2.33 bits per heavy atom. The number of hydrogen-bond donors (Lipinski definition) is 0. The Bertz CT molecular complexity index is 334. The van der Waals surface area contributed by atoms with Crippen LogP contribution in [0.4, 0.5) is 0 Å². The number of benzene rings is 1. The average Bonchev–Trinajstić information content (AvgIpc) is 1.96. The number of halogens is 2. The molecule has 0 spiro atoms. The van der Waals surface area contributed by atoms with Crippen molar-refractivity contribution in [3.8, 4) is 0 Å². The molecule has 0 aliphatic heterocycles. The molecule has 64 valence electrons. The van der Waals surface area contributed by atoms with E-state index in [1.807, 2.05) is 19.9 Å². The van der Waals surface area contributed by atoms with Gasteiger partial charge < -0.3 is 0 Å². The van der Waals surface area contributed by atoms with Gasteiger partial charge in [0, 0.05) is 10.0 Å². The van der Waals surface area contributed by atoms with Crippen LogP contribution in [-0.4, -0.2) is 5.24 Å². The molecule has 0 atom stereocenters. The van der Waals surface area contributed by atoms with Crippen molar-refractivity contribution in [3.05, 3.63) is 33.3 Å². The van der Waals surface area contributed by atoms with Crippen LogP contribution < -0.4 is 0 Å². The molecule has 0 radical (unpaired) electrons. The first-order chi connectivity index (χ1) is 5.52. The molecule has 1 aromatic carbocycles. The monoisotopic (exact) mass is 246 g/mol. The zero-order valence-electron chi connectivity index (χ0n) is 6.82. The van der Waals surface area contributed by atoms with Crippen molar-refractivity contribution < 1.29 is 4.79 Å². The van der Waals surface area contributed by atoms with Gasteiger partial charge in [-0.3, -0.25) is 4.79 Å². The quantitative estimate of drug-likeness (QED) is 0.695. The van der Waals surface area contributed by atoms with Gasteiger partial charge in [-0.05, 0) is 64.6 Å². The van der Waals surface area contributed by atoms with Crippen molar-refractivity contribution in [1.82, 2.24) is 0 Å². The van der Waals surface area contributed by atoms with E-state index in [1.54, 1.807) is 6.07 Å². The summed E-state index contributed by atoms with van der Waals surface area (Å²) in [4.78, 5) is 10.9. The summed E-state index contributed by atoms with van der Waals surface area (Å²) in [5, 5.41) is -0.426. The summed E-state index contributed by atoms with van der Waals surface area (Å²) in [6, 6.07) is 3.68. The Morgan fingerprint density at radius 1 is 1.33 bits per heavy atom. The summed E-state index contributed by atoms with van der Waals surface area (Å²) >= 11 is 8.64. The van der Waals surface area contributed by atoms with Crippen LogP contribution in [0.2, 0.25) is 0 Å². The number of carbonyl (C=O) groups is 1. The number of aryl methyl sites for hydroxylation is 2. The normalized spacial score (nSPS) is 10.0. The van der Waals surface area contributed by atoms with E-state index >= 15 is 0 Å². The predicted molar refractivity (Wildman–Crippen MR) is 53.8 cm³/mol. The minimum absolute atomic E-state index is 0.426. The second-order valence-electron chi connectivity index (χ2n) is 2.69. The first-order valence-corrected chi connectivity index (χ1v) is 4.66. The Hall–Kier alpha value is -0.340. The molecule has 0 aliphatic rings. The Balaban J connectivity index is 3.33. The van der Waals surface area contributed by atoms with Gasteiger partial charge in [-0.2, -0.15) is 0 Å². The van der Waals surface area contributed by atoms with Crippen molar-refractivity contribution in [1.29, 1.82) is 0 Å². The second-order valence-corrected chi connectivity index (χ2v) is 3.89. The van der Waals surface area contributed by atoms with Gasteiger partial charge >= 0.3 is 0 Å². The lowest BCUT2D eigenvalue weighted by molar-refractivity contribution is 0.108. The zero-order chi connectivity index (χ0) is 9.30. The molecule has 0 aromatic heterocycles. The molecule has 0 amide bonds. The van der Waals surface area contributed by atoms with Gasteiger partial charge in [-0.25, -0.2) is 0 Å². The third-order valence-electron chi connectivity index (χ3n) is 1.80. The minimum atomic E-state index is -0.426. The van der Waals surface area contributed by atoms with Crippen LogP contribution in [0.15, 0.2) is 16.6 Å². The predicted octanol–water partition coefficient (Wildman–Crippen LogP) is 3.44. The lowest BCUT2D eigenvalue weighted by Gasteiger charge is -2.03. The van der Waals surface area contributed by atoms with E-state index < -0.39 is 5.24 Å². The van der Waals surface area contributed by atoms with Crippen molar-refractivity contribution in [2.75, 3.05) is 0 Å². The van der Waals surface area contributed by atoms with E-state index in [4.69, 9.17) is 11.6 Å². The first-order valence-electron chi connectivity index (χ1n) is 3.49. The smallest absolute Gasteiger partial charge is 0.253 e. The van der Waals surface area contributed by atoms with E-state index in [9.17, 15) is 4.79 Å². The zero-order valence-corrected chi connectivity index (χ0v) is 9.16. The fourth-order valence-electron chi connectivity index (χ4n) is 0.932. The van der Waals surface area contributed by atoms with Crippen LogP contribution >= 0.6 is 27.5 Å². The molecule has 0 fully saturated rings. The highest BCUT2D eigenvalue weighted by molar-refractivity contribution is 9.10. The van der Waals surface area contributed by atoms with Crippen molar-refractivity contribution in [2.45, 2.75) is 13.8 Å². The second kappa shape index (κ2) is 3.58. The van der Waals surface area contributed by atoms with E-state index in [0.717, 1.165) is 15.6 Å². The fraction of sp³-hybridized carbons (Fsp3) is 0.222. The molecule has 0 N–H and O–H groups in total. The van der Waals surface area contributed by atoms with E-state index in [2.05, 4.69) is 15.9 Å². The van der Waals surface area contributed by atoms with E-state index in [-0.39, 0.29) is 0 Å². The van der Waals surface area contributed by atoms with E-state index in [1.165, 1.54) is 0 Å². The van der Waals surface area contributed by atoms with Crippen LogP contribution in [0.25, 0.3) is 0 Å². The maximum Gasteiger partial charge on any atom is 0.253 e. The number of hydrogen-bond acceptors (Lipinski definition) is 1. The lowest BCUT2D eigenvalue weighted by Crippen LogP contribution is -1.93. The van der Waals surface area contributed by atoms with Gasteiger partial charge in [0.1, 0.15) is 0 Å². The molecule has 1 rings (SSSR count). The third kappa shape index (κ3) is 1.87. The maximum absolute atomic E-state index is 10.9. The van der Waals surface area contributed by atoms with Crippen LogP contribution in [0.1, 0.15) is 21.5 Å². The molecule has 0 saturated heterocycles. The molecule has 0 heterocycles. The van der Waals surface area contributed by atoms with Gasteiger partial charge in [0.25, 0.3) is 5.24 Å². The van der Waals surface area contributed by atoms with Crippen LogP contribution in [0, 0.1) is 13.8 Å². The minimum Gasteiger partial charge on any atom is -0.276 e.